The Balaban J connectivity index is 1.61. The summed E-state index contributed by atoms with van der Waals surface area (Å²) in [7, 11) is 0. The molecule has 2 aromatic carbocycles. The van der Waals surface area contributed by atoms with Gasteiger partial charge in [-0.1, -0.05) is 24.3 Å². The van der Waals surface area contributed by atoms with Crippen molar-refractivity contribution in [1.82, 2.24) is 5.32 Å². The molecule has 2 fully saturated rings. The maximum atomic E-state index is 13.6. The topological polar surface area (TPSA) is 66.0 Å². The fraction of sp³-hybridized carbons (Fsp3) is 0.536. The monoisotopic (exact) mass is 539 g/mol. The van der Waals surface area contributed by atoms with Crippen molar-refractivity contribution in [3.05, 3.63) is 71.0 Å². The number of hydrogen-bond acceptors (Lipinski definition) is 5. The van der Waals surface area contributed by atoms with Gasteiger partial charge in [-0.25, -0.2) is 4.39 Å². The molecule has 0 unspecified atom stereocenters. The van der Waals surface area contributed by atoms with Gasteiger partial charge in [-0.15, -0.1) is 0 Å². The second kappa shape index (κ2) is 10.9. The standard InChI is InChI=1S/C28H33F4NO5/c1-17(2)33-25(34)27(36-16-19-6-5-7-20(12-19)28(30,31)32)13-22(24-23(14-27)37-26(3,4)38-24)35-15-18-8-10-21(29)11-9-18/h5-12,17,22-24H,13-16H2,1-4H3,(H,33,34)/t22-,23-,24+,27-/m1/s1. The molecule has 1 saturated carbocycles. The third-order valence-corrected chi connectivity index (χ3v) is 6.63. The number of carbonyl (C=O) groups is 1. The Morgan fingerprint density at radius 1 is 1.05 bits per heavy atom. The van der Waals surface area contributed by atoms with Crippen molar-refractivity contribution in [2.24, 2.45) is 0 Å². The lowest BCUT2D eigenvalue weighted by Crippen LogP contribution is -2.60. The van der Waals surface area contributed by atoms with Crippen LogP contribution in [0.2, 0.25) is 0 Å². The van der Waals surface area contributed by atoms with Gasteiger partial charge in [-0.05, 0) is 63.1 Å². The second-order valence-corrected chi connectivity index (χ2v) is 10.6. The smallest absolute Gasteiger partial charge is 0.371 e. The molecule has 6 nitrogen and oxygen atoms in total. The number of ether oxygens (including phenoxy) is 4. The maximum absolute atomic E-state index is 13.6. The summed E-state index contributed by atoms with van der Waals surface area (Å²) in [6.45, 7) is 7.06. The van der Waals surface area contributed by atoms with Gasteiger partial charge in [0.15, 0.2) is 11.4 Å². The Hall–Kier alpha value is -2.53. The van der Waals surface area contributed by atoms with E-state index in [0.717, 1.165) is 17.7 Å². The molecular weight excluding hydrogens is 506 g/mol. The number of amides is 1. The van der Waals surface area contributed by atoms with Gasteiger partial charge in [-0.3, -0.25) is 4.79 Å². The molecule has 0 spiro atoms. The SMILES string of the molecule is CC(C)NC(=O)[C@@]1(OCc2cccc(C(F)(F)F)c2)C[C@@H](OCc2ccc(F)cc2)[C@@H]2OC(C)(C)O[C@@H]2C1. The number of carbonyl (C=O) groups excluding carboxylic acids is 1. The predicted octanol–water partition coefficient (Wildman–Crippen LogP) is 5.52. The van der Waals surface area contributed by atoms with Crippen molar-refractivity contribution in [2.75, 3.05) is 0 Å². The van der Waals surface area contributed by atoms with E-state index in [1.54, 1.807) is 26.0 Å². The average molecular weight is 540 g/mol. The van der Waals surface area contributed by atoms with Crippen LogP contribution in [0.25, 0.3) is 0 Å². The molecule has 1 aliphatic carbocycles. The van der Waals surface area contributed by atoms with Gasteiger partial charge >= 0.3 is 6.18 Å². The summed E-state index contributed by atoms with van der Waals surface area (Å²) in [4.78, 5) is 13.6. The van der Waals surface area contributed by atoms with Crippen LogP contribution in [-0.4, -0.2) is 41.6 Å². The van der Waals surface area contributed by atoms with Gasteiger partial charge in [0.2, 0.25) is 0 Å². The maximum Gasteiger partial charge on any atom is 0.416 e. The molecule has 4 rings (SSSR count). The number of fused-ring (bicyclic) bond motifs is 1. The Labute approximate surface area is 219 Å². The lowest BCUT2D eigenvalue weighted by Gasteiger charge is -2.43. The molecule has 10 heteroatoms. The highest BCUT2D eigenvalue weighted by atomic mass is 19.4. The van der Waals surface area contributed by atoms with Crippen LogP contribution in [0.5, 0.6) is 0 Å². The first-order valence-electron chi connectivity index (χ1n) is 12.6. The number of halogens is 4. The molecular formula is C28H33F4NO5. The number of rotatable bonds is 8. The van der Waals surface area contributed by atoms with Crippen molar-refractivity contribution in [1.29, 1.82) is 0 Å². The van der Waals surface area contributed by atoms with E-state index in [2.05, 4.69) is 5.32 Å². The molecule has 1 heterocycles. The minimum absolute atomic E-state index is 0.0896. The van der Waals surface area contributed by atoms with Gasteiger partial charge in [0.25, 0.3) is 5.91 Å². The van der Waals surface area contributed by atoms with E-state index < -0.39 is 47.3 Å². The number of hydrogen-bond donors (Lipinski definition) is 1. The van der Waals surface area contributed by atoms with Gasteiger partial charge in [0.1, 0.15) is 11.9 Å². The minimum Gasteiger partial charge on any atom is -0.371 e. The van der Waals surface area contributed by atoms with Crippen LogP contribution in [0.1, 0.15) is 57.2 Å². The van der Waals surface area contributed by atoms with Crippen LogP contribution >= 0.6 is 0 Å². The van der Waals surface area contributed by atoms with Gasteiger partial charge in [0.05, 0.1) is 31.0 Å². The van der Waals surface area contributed by atoms with Crippen LogP contribution in [0.4, 0.5) is 17.6 Å². The Kier molecular flexibility index (Phi) is 8.18. The van der Waals surface area contributed by atoms with Crippen LogP contribution in [0, 0.1) is 5.82 Å². The lowest BCUT2D eigenvalue weighted by atomic mass is 9.78. The van der Waals surface area contributed by atoms with Crippen LogP contribution in [0.15, 0.2) is 48.5 Å². The first-order valence-corrected chi connectivity index (χ1v) is 12.6. The van der Waals surface area contributed by atoms with Gasteiger partial charge < -0.3 is 24.3 Å². The molecule has 1 aliphatic heterocycles. The molecule has 1 amide bonds. The van der Waals surface area contributed by atoms with Crippen LogP contribution < -0.4 is 5.32 Å². The molecule has 0 radical (unpaired) electrons. The third-order valence-electron chi connectivity index (χ3n) is 6.63. The summed E-state index contributed by atoms with van der Waals surface area (Å²) in [5.74, 6) is -1.70. The normalized spacial score (nSPS) is 26.8. The van der Waals surface area contributed by atoms with Crippen molar-refractivity contribution >= 4 is 5.91 Å². The minimum atomic E-state index is -4.50. The average Bonchev–Trinajstić information content (AvgIpc) is 3.15. The summed E-state index contributed by atoms with van der Waals surface area (Å²) >= 11 is 0. The van der Waals surface area contributed by atoms with Crippen LogP contribution in [-0.2, 0) is 43.1 Å². The van der Waals surface area contributed by atoms with Gasteiger partial charge in [-0.2, -0.15) is 13.2 Å². The van der Waals surface area contributed by atoms with Crippen molar-refractivity contribution < 1.29 is 41.3 Å². The summed E-state index contributed by atoms with van der Waals surface area (Å²) in [6.07, 6.45) is -5.97. The van der Waals surface area contributed by atoms with E-state index in [-0.39, 0.29) is 43.5 Å². The number of benzene rings is 2. The molecule has 0 bridgehead atoms. The number of nitrogens with one attached hydrogen (secondary N) is 1. The Bertz CT molecular complexity index is 1120. The first-order chi connectivity index (χ1) is 17.8. The van der Waals surface area contributed by atoms with Crippen molar-refractivity contribution in [3.63, 3.8) is 0 Å². The summed E-state index contributed by atoms with van der Waals surface area (Å²) in [6, 6.07) is 10.5. The fourth-order valence-electron chi connectivity index (χ4n) is 4.94. The van der Waals surface area contributed by atoms with Crippen LogP contribution in [0.3, 0.4) is 0 Å². The van der Waals surface area contributed by atoms with E-state index in [1.165, 1.54) is 24.3 Å². The highest BCUT2D eigenvalue weighted by Gasteiger charge is 2.58. The van der Waals surface area contributed by atoms with E-state index in [9.17, 15) is 22.4 Å². The summed E-state index contributed by atoms with van der Waals surface area (Å²) < 4.78 is 77.8. The molecule has 2 aliphatic rings. The second-order valence-electron chi connectivity index (χ2n) is 10.6. The molecule has 0 aromatic heterocycles. The third kappa shape index (κ3) is 6.72. The first kappa shape index (κ1) is 28.5. The molecule has 2 aromatic rings. The van der Waals surface area contributed by atoms with E-state index in [4.69, 9.17) is 18.9 Å². The largest absolute Gasteiger partial charge is 0.416 e. The molecule has 1 N–H and O–H groups in total. The quantitative estimate of drug-likeness (QED) is 0.448. The zero-order valence-electron chi connectivity index (χ0n) is 21.8. The summed E-state index contributed by atoms with van der Waals surface area (Å²) in [5.41, 5.74) is -1.23. The highest BCUT2D eigenvalue weighted by Crippen LogP contribution is 2.44. The van der Waals surface area contributed by atoms with E-state index in [0.29, 0.717) is 0 Å². The molecule has 208 valence electrons. The highest BCUT2D eigenvalue weighted by molar-refractivity contribution is 5.85. The number of alkyl halides is 3. The summed E-state index contributed by atoms with van der Waals surface area (Å²) in [5, 5.41) is 2.89. The Morgan fingerprint density at radius 3 is 2.42 bits per heavy atom. The van der Waals surface area contributed by atoms with E-state index in [1.807, 2.05) is 13.8 Å². The predicted molar refractivity (Wildman–Crippen MR) is 130 cm³/mol. The molecule has 1 saturated heterocycles. The fourth-order valence-corrected chi connectivity index (χ4v) is 4.94. The Morgan fingerprint density at radius 2 is 1.76 bits per heavy atom. The lowest BCUT2D eigenvalue weighted by molar-refractivity contribution is -0.184. The zero-order chi connectivity index (χ0) is 27.7. The van der Waals surface area contributed by atoms with Gasteiger partial charge in [0, 0.05) is 18.9 Å². The van der Waals surface area contributed by atoms with Crippen molar-refractivity contribution in [2.45, 2.75) is 95.7 Å². The molecule has 4 atom stereocenters. The van der Waals surface area contributed by atoms with Crippen molar-refractivity contribution in [3.8, 4) is 0 Å². The molecule has 38 heavy (non-hydrogen) atoms. The van der Waals surface area contributed by atoms with E-state index >= 15 is 0 Å². The zero-order valence-corrected chi connectivity index (χ0v) is 21.8.